The van der Waals surface area contributed by atoms with Gasteiger partial charge in [-0.05, 0) is 36.8 Å². The van der Waals surface area contributed by atoms with Crippen molar-refractivity contribution in [1.82, 2.24) is 5.32 Å². The molecule has 15 heavy (non-hydrogen) atoms. The van der Waals surface area contributed by atoms with Crippen molar-refractivity contribution in [3.05, 3.63) is 21.3 Å². The van der Waals surface area contributed by atoms with Crippen LogP contribution in [0, 0.1) is 5.41 Å². The maximum Gasteiger partial charge on any atom is 0.0931 e. The topological polar surface area (TPSA) is 12.0 Å². The van der Waals surface area contributed by atoms with E-state index in [0.29, 0.717) is 5.41 Å². The van der Waals surface area contributed by atoms with E-state index in [2.05, 4.69) is 18.3 Å². The van der Waals surface area contributed by atoms with Gasteiger partial charge in [-0.15, -0.1) is 23.7 Å². The average molecular weight is 266 g/mol. The van der Waals surface area contributed by atoms with Crippen LogP contribution >= 0.6 is 35.3 Å². The monoisotopic (exact) mass is 265 g/mol. The van der Waals surface area contributed by atoms with Crippen LogP contribution in [0.25, 0.3) is 0 Å². The van der Waals surface area contributed by atoms with Gasteiger partial charge in [0, 0.05) is 18.0 Å². The SMILES string of the molecule is CCC1(CNCc2ccc(Cl)s2)CC1.Cl. The molecule has 1 aromatic rings. The molecular formula is C11H17Cl2NS. The minimum absolute atomic E-state index is 0. The number of hydrogen-bond acceptors (Lipinski definition) is 2. The molecule has 0 radical (unpaired) electrons. The second-order valence-electron chi connectivity index (χ2n) is 4.16. The molecule has 0 unspecified atom stereocenters. The lowest BCUT2D eigenvalue weighted by molar-refractivity contribution is 0.444. The molecule has 0 bridgehead atoms. The van der Waals surface area contributed by atoms with Gasteiger partial charge < -0.3 is 5.32 Å². The Balaban J connectivity index is 0.00000112. The quantitative estimate of drug-likeness (QED) is 0.846. The summed E-state index contributed by atoms with van der Waals surface area (Å²) in [6, 6.07) is 4.07. The minimum atomic E-state index is 0. The molecule has 1 aromatic heterocycles. The van der Waals surface area contributed by atoms with Crippen LogP contribution < -0.4 is 5.32 Å². The lowest BCUT2D eigenvalue weighted by atomic mass is 10.0. The highest BCUT2D eigenvalue weighted by Crippen LogP contribution is 2.47. The van der Waals surface area contributed by atoms with Gasteiger partial charge in [-0.25, -0.2) is 0 Å². The molecule has 1 aliphatic rings. The van der Waals surface area contributed by atoms with E-state index in [1.165, 1.54) is 30.7 Å². The van der Waals surface area contributed by atoms with Crippen molar-refractivity contribution in [1.29, 1.82) is 0 Å². The van der Waals surface area contributed by atoms with Crippen LogP contribution in [-0.4, -0.2) is 6.54 Å². The molecule has 1 N–H and O–H groups in total. The van der Waals surface area contributed by atoms with Crippen LogP contribution in [0.1, 0.15) is 31.1 Å². The van der Waals surface area contributed by atoms with E-state index in [0.717, 1.165) is 10.9 Å². The number of halogens is 2. The molecule has 1 nitrogen and oxygen atoms in total. The second-order valence-corrected chi connectivity index (χ2v) is 5.96. The Morgan fingerprint density at radius 3 is 2.67 bits per heavy atom. The first-order valence-electron chi connectivity index (χ1n) is 5.19. The van der Waals surface area contributed by atoms with Crippen LogP contribution in [-0.2, 0) is 6.54 Å². The van der Waals surface area contributed by atoms with Crippen molar-refractivity contribution in [2.75, 3.05) is 6.54 Å². The lowest BCUT2D eigenvalue weighted by Crippen LogP contribution is -2.22. The van der Waals surface area contributed by atoms with Gasteiger partial charge in [-0.1, -0.05) is 18.5 Å². The van der Waals surface area contributed by atoms with Crippen molar-refractivity contribution >= 4 is 35.3 Å². The molecule has 1 fully saturated rings. The maximum absolute atomic E-state index is 5.86. The summed E-state index contributed by atoms with van der Waals surface area (Å²) in [6.45, 7) is 4.43. The van der Waals surface area contributed by atoms with Gasteiger partial charge in [0.05, 0.1) is 4.34 Å². The van der Waals surface area contributed by atoms with Gasteiger partial charge in [0.15, 0.2) is 0 Å². The Morgan fingerprint density at radius 2 is 2.20 bits per heavy atom. The van der Waals surface area contributed by atoms with E-state index in [1.54, 1.807) is 11.3 Å². The lowest BCUT2D eigenvalue weighted by Gasteiger charge is -2.12. The number of hydrogen-bond donors (Lipinski definition) is 1. The Labute approximate surface area is 107 Å². The van der Waals surface area contributed by atoms with Gasteiger partial charge in [0.1, 0.15) is 0 Å². The molecule has 4 heteroatoms. The van der Waals surface area contributed by atoms with Crippen molar-refractivity contribution in [2.45, 2.75) is 32.7 Å². The van der Waals surface area contributed by atoms with E-state index in [1.807, 2.05) is 6.07 Å². The molecule has 0 aromatic carbocycles. The highest BCUT2D eigenvalue weighted by molar-refractivity contribution is 7.16. The smallest absolute Gasteiger partial charge is 0.0931 e. The van der Waals surface area contributed by atoms with Gasteiger partial charge in [-0.2, -0.15) is 0 Å². The van der Waals surface area contributed by atoms with E-state index in [9.17, 15) is 0 Å². The summed E-state index contributed by atoms with van der Waals surface area (Å²) in [7, 11) is 0. The molecule has 0 atom stereocenters. The highest BCUT2D eigenvalue weighted by atomic mass is 35.5. The zero-order chi connectivity index (χ0) is 10.0. The third-order valence-corrected chi connectivity index (χ3v) is 4.37. The first-order valence-corrected chi connectivity index (χ1v) is 6.38. The second kappa shape index (κ2) is 5.53. The predicted molar refractivity (Wildman–Crippen MR) is 70.2 cm³/mol. The Morgan fingerprint density at radius 1 is 1.47 bits per heavy atom. The van der Waals surface area contributed by atoms with Crippen LogP contribution in [0.3, 0.4) is 0 Å². The zero-order valence-corrected chi connectivity index (χ0v) is 11.3. The summed E-state index contributed by atoms with van der Waals surface area (Å²) in [5, 5.41) is 3.52. The largest absolute Gasteiger partial charge is 0.311 e. The van der Waals surface area contributed by atoms with Gasteiger partial charge >= 0.3 is 0 Å². The first kappa shape index (κ1) is 13.3. The molecule has 0 amide bonds. The van der Waals surface area contributed by atoms with Crippen LogP contribution in [0.5, 0.6) is 0 Å². The zero-order valence-electron chi connectivity index (χ0n) is 8.88. The van der Waals surface area contributed by atoms with Gasteiger partial charge in [0.25, 0.3) is 0 Å². The number of rotatable bonds is 5. The molecule has 1 aliphatic carbocycles. The average Bonchev–Trinajstić information content (AvgIpc) is 2.84. The molecule has 1 saturated carbocycles. The molecule has 0 spiro atoms. The van der Waals surface area contributed by atoms with Gasteiger partial charge in [0.2, 0.25) is 0 Å². The van der Waals surface area contributed by atoms with Crippen molar-refractivity contribution < 1.29 is 0 Å². The Bertz CT molecular complexity index is 307. The number of nitrogens with one attached hydrogen (secondary N) is 1. The Hall–Kier alpha value is 0.240. The summed E-state index contributed by atoms with van der Waals surface area (Å²) in [6.07, 6.45) is 4.12. The summed E-state index contributed by atoms with van der Waals surface area (Å²) in [5.41, 5.74) is 0.640. The summed E-state index contributed by atoms with van der Waals surface area (Å²) >= 11 is 7.53. The summed E-state index contributed by atoms with van der Waals surface area (Å²) in [4.78, 5) is 1.34. The van der Waals surface area contributed by atoms with Crippen LogP contribution in [0.4, 0.5) is 0 Å². The van der Waals surface area contributed by atoms with Crippen molar-refractivity contribution in [2.24, 2.45) is 5.41 Å². The van der Waals surface area contributed by atoms with Gasteiger partial charge in [-0.3, -0.25) is 0 Å². The molecule has 2 rings (SSSR count). The molecule has 1 heterocycles. The van der Waals surface area contributed by atoms with E-state index >= 15 is 0 Å². The third-order valence-electron chi connectivity index (χ3n) is 3.14. The Kier molecular flexibility index (Phi) is 4.91. The number of thiophene rings is 1. The van der Waals surface area contributed by atoms with Crippen LogP contribution in [0.2, 0.25) is 4.34 Å². The molecule has 86 valence electrons. The summed E-state index contributed by atoms with van der Waals surface area (Å²) in [5.74, 6) is 0. The predicted octanol–water partition coefficient (Wildman–Crippen LogP) is 4.10. The molecule has 0 saturated heterocycles. The summed E-state index contributed by atoms with van der Waals surface area (Å²) < 4.78 is 0.887. The highest BCUT2D eigenvalue weighted by Gasteiger charge is 2.39. The molecular weight excluding hydrogens is 249 g/mol. The normalized spacial score (nSPS) is 17.2. The maximum atomic E-state index is 5.86. The minimum Gasteiger partial charge on any atom is -0.311 e. The van der Waals surface area contributed by atoms with Crippen molar-refractivity contribution in [3.63, 3.8) is 0 Å². The fourth-order valence-electron chi connectivity index (χ4n) is 1.73. The van der Waals surface area contributed by atoms with Crippen LogP contribution in [0.15, 0.2) is 12.1 Å². The fraction of sp³-hybridized carbons (Fsp3) is 0.636. The van der Waals surface area contributed by atoms with E-state index in [4.69, 9.17) is 11.6 Å². The first-order chi connectivity index (χ1) is 6.74. The molecule has 0 aliphatic heterocycles. The standard InChI is InChI=1S/C11H16ClNS.ClH/c1-2-11(5-6-11)8-13-7-9-3-4-10(12)14-9;/h3-4,13H,2,5-8H2,1H3;1H. The van der Waals surface area contributed by atoms with Crippen molar-refractivity contribution in [3.8, 4) is 0 Å². The third kappa shape index (κ3) is 3.63. The van der Waals surface area contributed by atoms with E-state index in [-0.39, 0.29) is 12.4 Å². The fourth-order valence-corrected chi connectivity index (χ4v) is 2.79. The van der Waals surface area contributed by atoms with E-state index < -0.39 is 0 Å².